The van der Waals surface area contributed by atoms with E-state index in [0.29, 0.717) is 12.2 Å². The number of hydrogen-bond donors (Lipinski definition) is 0. The van der Waals surface area contributed by atoms with Crippen molar-refractivity contribution < 1.29 is 14.3 Å². The summed E-state index contributed by atoms with van der Waals surface area (Å²) in [4.78, 5) is 16.8. The third-order valence-electron chi connectivity index (χ3n) is 6.66. The second-order valence-electron chi connectivity index (χ2n) is 8.99. The molecule has 0 amide bonds. The van der Waals surface area contributed by atoms with Crippen LogP contribution >= 0.6 is 11.3 Å². The lowest BCUT2D eigenvalue weighted by molar-refractivity contribution is 0.104. The minimum Gasteiger partial charge on any atom is -0.497 e. The van der Waals surface area contributed by atoms with Crippen LogP contribution in [0.1, 0.15) is 40.9 Å². The molecule has 1 fully saturated rings. The van der Waals surface area contributed by atoms with Gasteiger partial charge in [0.05, 0.1) is 12.0 Å². The van der Waals surface area contributed by atoms with Gasteiger partial charge in [-0.05, 0) is 61.8 Å². The van der Waals surface area contributed by atoms with E-state index in [1.165, 1.54) is 50.1 Å². The normalized spacial score (nSPS) is 14.5. The molecule has 4 aromatic rings. The SMILES string of the molecule is COc1ccc2c(-c3ccc(OCCN4CCCCCC4)cc3)c(C(=O)c3ccccc3)sc2c1. The van der Waals surface area contributed by atoms with Gasteiger partial charge < -0.3 is 9.47 Å². The van der Waals surface area contributed by atoms with Crippen LogP contribution in [0.15, 0.2) is 72.8 Å². The highest BCUT2D eigenvalue weighted by atomic mass is 32.1. The zero-order valence-corrected chi connectivity index (χ0v) is 21.0. The van der Waals surface area contributed by atoms with E-state index >= 15 is 0 Å². The molecule has 1 aliphatic heterocycles. The third-order valence-corrected chi connectivity index (χ3v) is 7.81. The van der Waals surface area contributed by atoms with Gasteiger partial charge in [0, 0.05) is 27.8 Å². The lowest BCUT2D eigenvalue weighted by Crippen LogP contribution is -2.29. The van der Waals surface area contributed by atoms with Crippen LogP contribution in [0.5, 0.6) is 11.5 Å². The Kier molecular flexibility index (Phi) is 7.45. The maximum atomic E-state index is 13.5. The Morgan fingerprint density at radius 3 is 2.31 bits per heavy atom. The maximum absolute atomic E-state index is 13.5. The van der Waals surface area contributed by atoms with Gasteiger partial charge in [-0.1, -0.05) is 55.3 Å². The molecule has 1 saturated heterocycles. The Labute approximate surface area is 211 Å². The minimum atomic E-state index is 0.0403. The molecule has 4 nitrogen and oxygen atoms in total. The number of fused-ring (bicyclic) bond motifs is 1. The van der Waals surface area contributed by atoms with E-state index in [1.807, 2.05) is 60.7 Å². The number of ketones is 1. The number of nitrogens with zero attached hydrogens (tertiary/aromatic N) is 1. The average molecular weight is 486 g/mol. The number of benzene rings is 3. The summed E-state index contributed by atoms with van der Waals surface area (Å²) in [5.74, 6) is 1.69. The van der Waals surface area contributed by atoms with E-state index in [9.17, 15) is 4.79 Å². The topological polar surface area (TPSA) is 38.8 Å². The van der Waals surface area contributed by atoms with E-state index in [0.717, 1.165) is 44.1 Å². The molecule has 1 aromatic heterocycles. The van der Waals surface area contributed by atoms with Crippen molar-refractivity contribution >= 4 is 27.2 Å². The number of thiophene rings is 1. The molecular formula is C30H31NO3S. The standard InChI is InChI=1S/C30H31NO3S/c1-33-25-15-16-26-27(21-25)35-30(29(32)23-9-5-4-6-10-23)28(26)22-11-13-24(14-12-22)34-20-19-31-17-7-2-3-8-18-31/h4-6,9-16,21H,2-3,7-8,17-20H2,1H3. The molecule has 0 aliphatic carbocycles. The van der Waals surface area contributed by atoms with E-state index in [1.54, 1.807) is 7.11 Å². The summed E-state index contributed by atoms with van der Waals surface area (Å²) < 4.78 is 12.5. The highest BCUT2D eigenvalue weighted by Crippen LogP contribution is 2.41. The zero-order valence-electron chi connectivity index (χ0n) is 20.2. The van der Waals surface area contributed by atoms with E-state index in [4.69, 9.17) is 9.47 Å². The van der Waals surface area contributed by atoms with Gasteiger partial charge in [0.2, 0.25) is 5.78 Å². The Bertz CT molecular complexity index is 1270. The van der Waals surface area contributed by atoms with Crippen molar-refractivity contribution in [3.05, 3.63) is 83.2 Å². The summed E-state index contributed by atoms with van der Waals surface area (Å²) >= 11 is 1.52. The summed E-state index contributed by atoms with van der Waals surface area (Å²) in [6.45, 7) is 4.01. The average Bonchev–Trinajstić information content (AvgIpc) is 3.08. The van der Waals surface area contributed by atoms with Gasteiger partial charge in [0.15, 0.2) is 0 Å². The van der Waals surface area contributed by atoms with Gasteiger partial charge in [-0.25, -0.2) is 0 Å². The van der Waals surface area contributed by atoms with Crippen LogP contribution < -0.4 is 9.47 Å². The van der Waals surface area contributed by atoms with Crippen LogP contribution in [0.4, 0.5) is 0 Å². The van der Waals surface area contributed by atoms with Crippen LogP contribution in [-0.4, -0.2) is 44.0 Å². The fraction of sp³-hybridized carbons (Fsp3) is 0.300. The van der Waals surface area contributed by atoms with E-state index in [-0.39, 0.29) is 5.78 Å². The largest absolute Gasteiger partial charge is 0.497 e. The number of likely N-dealkylation sites (tertiary alicyclic amines) is 1. The number of rotatable bonds is 8. The molecule has 35 heavy (non-hydrogen) atoms. The Hall–Kier alpha value is -3.15. The predicted octanol–water partition coefficient (Wildman–Crippen LogP) is 7.06. The van der Waals surface area contributed by atoms with Crippen LogP contribution in [0.2, 0.25) is 0 Å². The molecule has 0 spiro atoms. The van der Waals surface area contributed by atoms with Crippen LogP contribution in [-0.2, 0) is 0 Å². The van der Waals surface area contributed by atoms with Gasteiger partial charge in [-0.2, -0.15) is 0 Å². The number of methoxy groups -OCH3 is 1. The second kappa shape index (κ2) is 11.1. The Morgan fingerprint density at radius 1 is 0.886 bits per heavy atom. The monoisotopic (exact) mass is 485 g/mol. The molecule has 5 heteroatoms. The van der Waals surface area contributed by atoms with Crippen LogP contribution in [0, 0.1) is 0 Å². The highest BCUT2D eigenvalue weighted by Gasteiger charge is 2.21. The smallest absolute Gasteiger partial charge is 0.203 e. The van der Waals surface area contributed by atoms with Gasteiger partial charge in [0.25, 0.3) is 0 Å². The number of carbonyl (C=O) groups excluding carboxylic acids is 1. The third kappa shape index (κ3) is 5.42. The highest BCUT2D eigenvalue weighted by molar-refractivity contribution is 7.21. The van der Waals surface area contributed by atoms with Crippen molar-refractivity contribution in [2.24, 2.45) is 0 Å². The molecule has 5 rings (SSSR count). The van der Waals surface area contributed by atoms with Crippen molar-refractivity contribution in [1.29, 1.82) is 0 Å². The summed E-state index contributed by atoms with van der Waals surface area (Å²) in [5.41, 5.74) is 2.68. The fourth-order valence-electron chi connectivity index (χ4n) is 4.74. The van der Waals surface area contributed by atoms with Crippen LogP contribution in [0.25, 0.3) is 21.2 Å². The fourth-order valence-corrected chi connectivity index (χ4v) is 5.96. The molecule has 3 aromatic carbocycles. The van der Waals surface area contributed by atoms with Crippen molar-refractivity contribution in [3.8, 4) is 22.6 Å². The second-order valence-corrected chi connectivity index (χ2v) is 10.0. The molecule has 0 saturated carbocycles. The Morgan fingerprint density at radius 2 is 1.60 bits per heavy atom. The first kappa shape index (κ1) is 23.6. The van der Waals surface area contributed by atoms with Crippen molar-refractivity contribution in [2.75, 3.05) is 33.4 Å². The summed E-state index contributed by atoms with van der Waals surface area (Å²) in [6.07, 6.45) is 5.27. The first-order valence-corrected chi connectivity index (χ1v) is 13.2. The van der Waals surface area contributed by atoms with Crippen molar-refractivity contribution in [1.82, 2.24) is 4.90 Å². The van der Waals surface area contributed by atoms with E-state index < -0.39 is 0 Å². The molecule has 180 valence electrons. The minimum absolute atomic E-state index is 0.0403. The molecule has 0 bridgehead atoms. The molecule has 0 radical (unpaired) electrons. The van der Waals surface area contributed by atoms with E-state index in [2.05, 4.69) is 17.0 Å². The zero-order chi connectivity index (χ0) is 24.0. The first-order chi connectivity index (χ1) is 17.2. The molecular weight excluding hydrogens is 454 g/mol. The van der Waals surface area contributed by atoms with Gasteiger partial charge >= 0.3 is 0 Å². The van der Waals surface area contributed by atoms with Gasteiger partial charge in [0.1, 0.15) is 18.1 Å². The van der Waals surface area contributed by atoms with Crippen molar-refractivity contribution in [2.45, 2.75) is 25.7 Å². The van der Waals surface area contributed by atoms with Gasteiger partial charge in [-0.15, -0.1) is 11.3 Å². The number of ether oxygens (including phenoxy) is 2. The summed E-state index contributed by atoms with van der Waals surface area (Å²) in [5, 5.41) is 1.06. The quantitative estimate of drug-likeness (QED) is 0.250. The molecule has 0 unspecified atom stereocenters. The first-order valence-electron chi connectivity index (χ1n) is 12.4. The number of hydrogen-bond acceptors (Lipinski definition) is 5. The molecule has 2 heterocycles. The van der Waals surface area contributed by atoms with Crippen molar-refractivity contribution in [3.63, 3.8) is 0 Å². The Balaban J connectivity index is 1.40. The predicted molar refractivity (Wildman–Crippen MR) is 144 cm³/mol. The molecule has 0 N–H and O–H groups in total. The van der Waals surface area contributed by atoms with Gasteiger partial charge in [-0.3, -0.25) is 9.69 Å². The lowest BCUT2D eigenvalue weighted by Gasteiger charge is -2.19. The summed E-state index contributed by atoms with van der Waals surface area (Å²) in [6, 6.07) is 23.7. The summed E-state index contributed by atoms with van der Waals surface area (Å²) in [7, 11) is 1.66. The van der Waals surface area contributed by atoms with Crippen LogP contribution in [0.3, 0.4) is 0 Å². The lowest BCUT2D eigenvalue weighted by atomic mass is 9.98. The molecule has 0 atom stereocenters. The maximum Gasteiger partial charge on any atom is 0.203 e. The molecule has 1 aliphatic rings. The number of carbonyl (C=O) groups is 1.